The zero-order valence-electron chi connectivity index (χ0n) is 12.4. The Kier molecular flexibility index (Phi) is 5.03. The first-order chi connectivity index (χ1) is 9.18. The highest BCUT2D eigenvalue weighted by molar-refractivity contribution is 5.81. The molecule has 1 aromatic carbocycles. The molecule has 0 saturated heterocycles. The second-order valence-electron chi connectivity index (χ2n) is 5.78. The molecule has 0 aliphatic carbocycles. The van der Waals surface area contributed by atoms with Gasteiger partial charge in [-0.05, 0) is 49.7 Å². The molecular weight excluding hydrogens is 232 g/mol. The largest absolute Gasteiger partial charge is 0.344 e. The van der Waals surface area contributed by atoms with Crippen molar-refractivity contribution in [3.63, 3.8) is 0 Å². The van der Waals surface area contributed by atoms with Crippen LogP contribution in [-0.4, -0.2) is 17.7 Å². The van der Waals surface area contributed by atoms with Crippen molar-refractivity contribution in [3.05, 3.63) is 36.0 Å². The Hall–Kier alpha value is -1.28. The van der Waals surface area contributed by atoms with Crippen LogP contribution in [0.5, 0.6) is 0 Å². The maximum Gasteiger partial charge on any atom is 0.0482 e. The average Bonchev–Trinajstić information content (AvgIpc) is 2.69. The summed E-state index contributed by atoms with van der Waals surface area (Å²) in [5.74, 6) is 0.817. The monoisotopic (exact) mass is 258 g/mol. The van der Waals surface area contributed by atoms with E-state index in [4.69, 9.17) is 0 Å². The lowest BCUT2D eigenvalue weighted by atomic mass is 10.1. The molecule has 1 aromatic heterocycles. The molecule has 104 valence electrons. The van der Waals surface area contributed by atoms with Crippen LogP contribution >= 0.6 is 0 Å². The number of hydrogen-bond acceptors (Lipinski definition) is 1. The standard InChI is InChI=1S/C17H26N2/c1-14(2)7-6-10-18-11-12-19-15(3)13-16-8-4-5-9-17(16)19/h4-5,8-9,13-14,18H,6-7,10-12H2,1-3H3. The molecule has 0 amide bonds. The van der Waals surface area contributed by atoms with E-state index in [1.54, 1.807) is 0 Å². The Bertz CT molecular complexity index is 511. The van der Waals surface area contributed by atoms with Crippen molar-refractivity contribution in [1.29, 1.82) is 0 Å². The number of nitrogens with one attached hydrogen (secondary N) is 1. The molecule has 0 spiro atoms. The summed E-state index contributed by atoms with van der Waals surface area (Å²) in [6.07, 6.45) is 2.60. The lowest BCUT2D eigenvalue weighted by Gasteiger charge is -2.10. The van der Waals surface area contributed by atoms with Gasteiger partial charge in [-0.15, -0.1) is 0 Å². The lowest BCUT2D eigenvalue weighted by molar-refractivity contribution is 0.516. The SMILES string of the molecule is Cc1cc2ccccc2n1CCNCCCC(C)C. The van der Waals surface area contributed by atoms with Crippen LogP contribution in [0.15, 0.2) is 30.3 Å². The minimum Gasteiger partial charge on any atom is -0.344 e. The predicted molar refractivity (Wildman–Crippen MR) is 83.6 cm³/mol. The van der Waals surface area contributed by atoms with Gasteiger partial charge in [-0.3, -0.25) is 0 Å². The molecule has 0 saturated carbocycles. The van der Waals surface area contributed by atoms with Crippen LogP contribution in [0.3, 0.4) is 0 Å². The first-order valence-corrected chi connectivity index (χ1v) is 7.44. The number of aryl methyl sites for hydroxylation is 1. The zero-order chi connectivity index (χ0) is 13.7. The van der Waals surface area contributed by atoms with Crippen LogP contribution in [0.4, 0.5) is 0 Å². The van der Waals surface area contributed by atoms with Crippen LogP contribution in [0, 0.1) is 12.8 Å². The van der Waals surface area contributed by atoms with E-state index < -0.39 is 0 Å². The van der Waals surface area contributed by atoms with Gasteiger partial charge in [-0.1, -0.05) is 32.0 Å². The van der Waals surface area contributed by atoms with Gasteiger partial charge < -0.3 is 9.88 Å². The average molecular weight is 258 g/mol. The maximum atomic E-state index is 3.55. The van der Waals surface area contributed by atoms with Crippen molar-refractivity contribution in [2.24, 2.45) is 5.92 Å². The summed E-state index contributed by atoms with van der Waals surface area (Å²) in [5.41, 5.74) is 2.70. The topological polar surface area (TPSA) is 17.0 Å². The van der Waals surface area contributed by atoms with E-state index >= 15 is 0 Å². The highest BCUT2D eigenvalue weighted by Crippen LogP contribution is 2.18. The molecule has 2 nitrogen and oxygen atoms in total. The molecule has 0 atom stereocenters. The van der Waals surface area contributed by atoms with E-state index in [9.17, 15) is 0 Å². The fraction of sp³-hybridized carbons (Fsp3) is 0.529. The van der Waals surface area contributed by atoms with E-state index in [1.807, 2.05) is 0 Å². The summed E-state index contributed by atoms with van der Waals surface area (Å²) in [6, 6.07) is 10.9. The van der Waals surface area contributed by atoms with Gasteiger partial charge in [0.05, 0.1) is 0 Å². The molecule has 2 aromatic rings. The van der Waals surface area contributed by atoms with Crippen molar-refractivity contribution >= 4 is 10.9 Å². The van der Waals surface area contributed by atoms with Crippen LogP contribution in [0.1, 0.15) is 32.4 Å². The van der Waals surface area contributed by atoms with Crippen molar-refractivity contribution < 1.29 is 0 Å². The van der Waals surface area contributed by atoms with Gasteiger partial charge in [-0.25, -0.2) is 0 Å². The van der Waals surface area contributed by atoms with Gasteiger partial charge in [0.15, 0.2) is 0 Å². The molecule has 0 aliphatic rings. The third-order valence-corrected chi connectivity index (χ3v) is 3.66. The fourth-order valence-electron chi connectivity index (χ4n) is 2.60. The maximum absolute atomic E-state index is 3.55. The predicted octanol–water partition coefficient (Wildman–Crippen LogP) is 3.98. The summed E-state index contributed by atoms with van der Waals surface area (Å²) in [7, 11) is 0. The number of rotatable bonds is 7. The Balaban J connectivity index is 1.83. The molecular formula is C17H26N2. The van der Waals surface area contributed by atoms with Gasteiger partial charge in [0.25, 0.3) is 0 Å². The number of benzene rings is 1. The fourth-order valence-corrected chi connectivity index (χ4v) is 2.60. The smallest absolute Gasteiger partial charge is 0.0482 e. The molecule has 0 fully saturated rings. The number of para-hydroxylation sites is 1. The summed E-state index contributed by atoms with van der Waals surface area (Å²) >= 11 is 0. The summed E-state index contributed by atoms with van der Waals surface area (Å²) in [4.78, 5) is 0. The van der Waals surface area contributed by atoms with Crippen molar-refractivity contribution in [2.45, 2.75) is 40.2 Å². The Morgan fingerprint density at radius 1 is 1.16 bits per heavy atom. The van der Waals surface area contributed by atoms with Crippen molar-refractivity contribution in [2.75, 3.05) is 13.1 Å². The third kappa shape index (κ3) is 3.84. The van der Waals surface area contributed by atoms with E-state index in [1.165, 1.54) is 29.4 Å². The van der Waals surface area contributed by atoms with Gasteiger partial charge in [0.1, 0.15) is 0 Å². The molecule has 2 heteroatoms. The second kappa shape index (κ2) is 6.76. The quantitative estimate of drug-likeness (QED) is 0.743. The molecule has 1 N–H and O–H groups in total. The van der Waals surface area contributed by atoms with Crippen LogP contribution in [-0.2, 0) is 6.54 Å². The van der Waals surface area contributed by atoms with Crippen LogP contribution in [0.2, 0.25) is 0 Å². The van der Waals surface area contributed by atoms with E-state index in [0.29, 0.717) is 0 Å². The van der Waals surface area contributed by atoms with Crippen LogP contribution in [0.25, 0.3) is 10.9 Å². The van der Waals surface area contributed by atoms with Gasteiger partial charge in [0.2, 0.25) is 0 Å². The molecule has 1 heterocycles. The first kappa shape index (κ1) is 14.1. The molecule has 2 rings (SSSR count). The van der Waals surface area contributed by atoms with E-state index in [2.05, 4.69) is 61.0 Å². The molecule has 0 aliphatic heterocycles. The van der Waals surface area contributed by atoms with Gasteiger partial charge >= 0.3 is 0 Å². The molecule has 0 unspecified atom stereocenters. The van der Waals surface area contributed by atoms with Crippen molar-refractivity contribution in [1.82, 2.24) is 9.88 Å². The van der Waals surface area contributed by atoms with E-state index in [-0.39, 0.29) is 0 Å². The number of aromatic nitrogens is 1. The Morgan fingerprint density at radius 3 is 2.74 bits per heavy atom. The summed E-state index contributed by atoms with van der Waals surface area (Å²) in [5, 5.41) is 4.90. The number of hydrogen-bond donors (Lipinski definition) is 1. The minimum absolute atomic E-state index is 0.817. The zero-order valence-corrected chi connectivity index (χ0v) is 12.4. The number of fused-ring (bicyclic) bond motifs is 1. The lowest BCUT2D eigenvalue weighted by Crippen LogP contribution is -2.21. The second-order valence-corrected chi connectivity index (χ2v) is 5.78. The summed E-state index contributed by atoms with van der Waals surface area (Å²) in [6.45, 7) is 10.0. The summed E-state index contributed by atoms with van der Waals surface area (Å²) < 4.78 is 2.41. The van der Waals surface area contributed by atoms with Crippen molar-refractivity contribution in [3.8, 4) is 0 Å². The molecule has 0 bridgehead atoms. The highest BCUT2D eigenvalue weighted by Gasteiger charge is 2.03. The Morgan fingerprint density at radius 2 is 1.95 bits per heavy atom. The normalized spacial score (nSPS) is 11.6. The highest BCUT2D eigenvalue weighted by atomic mass is 15.0. The first-order valence-electron chi connectivity index (χ1n) is 7.44. The van der Waals surface area contributed by atoms with Gasteiger partial charge in [-0.2, -0.15) is 0 Å². The Labute approximate surface area is 116 Å². The third-order valence-electron chi connectivity index (χ3n) is 3.66. The molecule has 19 heavy (non-hydrogen) atoms. The van der Waals surface area contributed by atoms with E-state index in [0.717, 1.165) is 25.6 Å². The molecule has 0 radical (unpaired) electrons. The number of nitrogens with zero attached hydrogens (tertiary/aromatic N) is 1. The van der Waals surface area contributed by atoms with Gasteiger partial charge in [0, 0.05) is 24.3 Å². The van der Waals surface area contributed by atoms with Crippen LogP contribution < -0.4 is 5.32 Å². The minimum atomic E-state index is 0.817.